The van der Waals surface area contributed by atoms with E-state index in [1.165, 1.54) is 12.8 Å². The molecule has 1 aliphatic rings. The van der Waals surface area contributed by atoms with Gasteiger partial charge in [-0.2, -0.15) is 0 Å². The Morgan fingerprint density at radius 3 is 2.71 bits per heavy atom. The van der Waals surface area contributed by atoms with E-state index in [-0.39, 0.29) is 5.78 Å². The Bertz CT molecular complexity index is 237. The molecule has 1 aliphatic heterocycles. The van der Waals surface area contributed by atoms with Gasteiger partial charge in [0.15, 0.2) is 12.5 Å². The number of nitrogens with zero attached hydrogens (tertiary/aromatic N) is 2. The highest BCUT2D eigenvalue weighted by Crippen LogP contribution is 2.18. The molecule has 0 aliphatic carbocycles. The Hall–Kier alpha value is -0.830. The molecule has 0 aromatic heterocycles. The fourth-order valence-electron chi connectivity index (χ4n) is 2.04. The standard InChI is InChI=1S/C11H21N2O/c1-4-5-7-13(9-11(2)14)8-6-12(3)10-13/h6,8H,4-5,7,9-10H2,1-3H3/q+1. The number of carbonyl (C=O) groups excluding carboxylic acids is 1. The van der Waals surface area contributed by atoms with Crippen LogP contribution in [0.15, 0.2) is 12.4 Å². The summed E-state index contributed by atoms with van der Waals surface area (Å²) in [5.74, 6) is 0.279. The lowest BCUT2D eigenvalue weighted by Crippen LogP contribution is -2.47. The first-order valence-corrected chi connectivity index (χ1v) is 5.33. The summed E-state index contributed by atoms with van der Waals surface area (Å²) >= 11 is 0. The Balaban J connectivity index is 2.61. The number of carbonyl (C=O) groups is 1. The third-order valence-corrected chi connectivity index (χ3v) is 2.64. The maximum Gasteiger partial charge on any atom is 0.184 e. The van der Waals surface area contributed by atoms with Crippen LogP contribution in [0.4, 0.5) is 0 Å². The summed E-state index contributed by atoms with van der Waals surface area (Å²) in [5.41, 5.74) is 0. The van der Waals surface area contributed by atoms with Gasteiger partial charge in [-0.1, -0.05) is 13.3 Å². The van der Waals surface area contributed by atoms with Crippen molar-refractivity contribution in [3.05, 3.63) is 12.4 Å². The van der Waals surface area contributed by atoms with Crippen LogP contribution in [0.2, 0.25) is 0 Å². The molecule has 80 valence electrons. The average Bonchev–Trinajstić information content (AvgIpc) is 2.43. The molecule has 0 aromatic carbocycles. The highest BCUT2D eigenvalue weighted by Gasteiger charge is 2.31. The topological polar surface area (TPSA) is 20.3 Å². The quantitative estimate of drug-likeness (QED) is 0.623. The van der Waals surface area contributed by atoms with Crippen LogP contribution < -0.4 is 0 Å². The van der Waals surface area contributed by atoms with Crippen molar-refractivity contribution in [3.63, 3.8) is 0 Å². The van der Waals surface area contributed by atoms with E-state index < -0.39 is 0 Å². The largest absolute Gasteiger partial charge is 0.329 e. The van der Waals surface area contributed by atoms with Crippen molar-refractivity contribution in [2.45, 2.75) is 26.7 Å². The maximum atomic E-state index is 11.2. The first kappa shape index (κ1) is 11.2. The van der Waals surface area contributed by atoms with Crippen molar-refractivity contribution in [3.8, 4) is 0 Å². The molecule has 0 aromatic rings. The first-order valence-electron chi connectivity index (χ1n) is 5.33. The molecule has 14 heavy (non-hydrogen) atoms. The summed E-state index contributed by atoms with van der Waals surface area (Å²) in [7, 11) is 2.06. The molecule has 0 fully saturated rings. The van der Waals surface area contributed by atoms with Crippen molar-refractivity contribution < 1.29 is 9.28 Å². The third-order valence-electron chi connectivity index (χ3n) is 2.64. The minimum atomic E-state index is 0.279. The molecular formula is C11H21N2O+. The van der Waals surface area contributed by atoms with Crippen LogP contribution in [0.25, 0.3) is 0 Å². The van der Waals surface area contributed by atoms with Crippen molar-refractivity contribution in [1.29, 1.82) is 0 Å². The molecule has 3 heteroatoms. The van der Waals surface area contributed by atoms with Gasteiger partial charge in [-0.3, -0.25) is 9.28 Å². The van der Waals surface area contributed by atoms with Crippen molar-refractivity contribution in [2.24, 2.45) is 0 Å². The van der Waals surface area contributed by atoms with Crippen LogP contribution in [0.3, 0.4) is 0 Å². The second kappa shape index (κ2) is 4.60. The van der Waals surface area contributed by atoms with Gasteiger partial charge in [-0.25, -0.2) is 0 Å². The normalized spacial score (nSPS) is 25.8. The zero-order valence-corrected chi connectivity index (χ0v) is 9.49. The van der Waals surface area contributed by atoms with E-state index in [0.717, 1.165) is 17.7 Å². The van der Waals surface area contributed by atoms with Crippen LogP contribution in [0.5, 0.6) is 0 Å². The third kappa shape index (κ3) is 2.84. The summed E-state index contributed by atoms with van der Waals surface area (Å²) in [4.78, 5) is 13.4. The molecule has 1 unspecified atom stereocenters. The van der Waals surface area contributed by atoms with Crippen LogP contribution in [0.1, 0.15) is 26.7 Å². The van der Waals surface area contributed by atoms with Crippen molar-refractivity contribution in [1.82, 2.24) is 4.90 Å². The monoisotopic (exact) mass is 197 g/mol. The molecule has 1 atom stereocenters. The van der Waals surface area contributed by atoms with E-state index >= 15 is 0 Å². The molecule has 0 spiro atoms. The zero-order chi connectivity index (χ0) is 10.6. The van der Waals surface area contributed by atoms with Gasteiger partial charge < -0.3 is 4.90 Å². The summed E-state index contributed by atoms with van der Waals surface area (Å²) in [6.07, 6.45) is 6.62. The summed E-state index contributed by atoms with van der Waals surface area (Å²) in [5, 5.41) is 0. The Morgan fingerprint density at radius 1 is 1.57 bits per heavy atom. The number of rotatable bonds is 5. The molecule has 3 nitrogen and oxygen atoms in total. The van der Waals surface area contributed by atoms with Gasteiger partial charge in [-0.05, 0) is 6.42 Å². The van der Waals surface area contributed by atoms with Gasteiger partial charge in [0, 0.05) is 14.0 Å². The van der Waals surface area contributed by atoms with E-state index in [2.05, 4.69) is 31.3 Å². The van der Waals surface area contributed by atoms with Gasteiger partial charge in [0.25, 0.3) is 0 Å². The zero-order valence-electron chi connectivity index (χ0n) is 9.49. The SMILES string of the molecule is CCCC[N+]1(CC(C)=O)C=CN(C)C1. The summed E-state index contributed by atoms with van der Waals surface area (Å²) in [6.45, 7) is 6.53. The number of hydrogen-bond donors (Lipinski definition) is 0. The number of hydrogen-bond acceptors (Lipinski definition) is 2. The van der Waals surface area contributed by atoms with Crippen molar-refractivity contribution in [2.75, 3.05) is 26.8 Å². The van der Waals surface area contributed by atoms with E-state index in [1.807, 2.05) is 0 Å². The van der Waals surface area contributed by atoms with Crippen LogP contribution in [0, 0.1) is 0 Å². The summed E-state index contributed by atoms with van der Waals surface area (Å²) in [6, 6.07) is 0. The second-order valence-electron chi connectivity index (χ2n) is 4.35. The lowest BCUT2D eigenvalue weighted by atomic mass is 10.2. The number of Topliss-reactive ketones (excluding diaryl/α,β-unsaturated/α-hetero) is 1. The van der Waals surface area contributed by atoms with Gasteiger partial charge in [0.1, 0.15) is 12.7 Å². The molecule has 0 saturated heterocycles. The Kier molecular flexibility index (Phi) is 3.69. The van der Waals surface area contributed by atoms with Crippen molar-refractivity contribution >= 4 is 5.78 Å². The average molecular weight is 197 g/mol. The van der Waals surface area contributed by atoms with Crippen LogP contribution >= 0.6 is 0 Å². The number of unbranched alkanes of at least 4 members (excludes halogenated alkanes) is 1. The van der Waals surface area contributed by atoms with Gasteiger partial charge in [0.2, 0.25) is 0 Å². The minimum absolute atomic E-state index is 0.279. The molecule has 1 rings (SSSR count). The van der Waals surface area contributed by atoms with Crippen LogP contribution in [-0.2, 0) is 4.79 Å². The lowest BCUT2D eigenvalue weighted by molar-refractivity contribution is -0.873. The molecule has 0 amide bonds. The number of ketones is 1. The highest BCUT2D eigenvalue weighted by atomic mass is 16.1. The van der Waals surface area contributed by atoms with E-state index in [0.29, 0.717) is 6.54 Å². The molecular weight excluding hydrogens is 176 g/mol. The van der Waals surface area contributed by atoms with E-state index in [4.69, 9.17) is 0 Å². The number of quaternary nitrogens is 1. The fourth-order valence-corrected chi connectivity index (χ4v) is 2.04. The first-order chi connectivity index (χ1) is 6.58. The highest BCUT2D eigenvalue weighted by molar-refractivity contribution is 5.76. The molecule has 0 bridgehead atoms. The molecule has 0 N–H and O–H groups in total. The Labute approximate surface area is 86.6 Å². The summed E-state index contributed by atoms with van der Waals surface area (Å²) < 4.78 is 0.819. The predicted molar refractivity (Wildman–Crippen MR) is 57.4 cm³/mol. The van der Waals surface area contributed by atoms with Crippen LogP contribution in [-0.4, -0.2) is 42.0 Å². The molecule has 1 heterocycles. The van der Waals surface area contributed by atoms with E-state index in [9.17, 15) is 4.79 Å². The second-order valence-corrected chi connectivity index (χ2v) is 4.35. The van der Waals surface area contributed by atoms with Gasteiger partial charge in [-0.15, -0.1) is 0 Å². The fraction of sp³-hybridized carbons (Fsp3) is 0.727. The lowest BCUT2D eigenvalue weighted by Gasteiger charge is -2.31. The van der Waals surface area contributed by atoms with Gasteiger partial charge in [0.05, 0.1) is 12.7 Å². The minimum Gasteiger partial charge on any atom is -0.329 e. The maximum absolute atomic E-state index is 11.2. The molecule has 0 radical (unpaired) electrons. The Morgan fingerprint density at radius 2 is 2.29 bits per heavy atom. The van der Waals surface area contributed by atoms with E-state index in [1.54, 1.807) is 6.92 Å². The van der Waals surface area contributed by atoms with Gasteiger partial charge >= 0.3 is 0 Å². The predicted octanol–water partition coefficient (Wildman–Crippen LogP) is 1.57. The smallest absolute Gasteiger partial charge is 0.184 e. The molecule has 0 saturated carbocycles.